The van der Waals surface area contributed by atoms with Gasteiger partial charge in [-0.3, -0.25) is 0 Å². The number of hydrogen-bond acceptors (Lipinski definition) is 1. The summed E-state index contributed by atoms with van der Waals surface area (Å²) in [6.07, 6.45) is 0. The maximum Gasteiger partial charge on any atom is 0.0779 e. The van der Waals surface area contributed by atoms with Gasteiger partial charge in [-0.1, -0.05) is 121 Å². The minimum atomic E-state index is 1.15. The van der Waals surface area contributed by atoms with Crippen LogP contribution in [0.5, 0.6) is 0 Å². The van der Waals surface area contributed by atoms with Crippen LogP contribution in [0.25, 0.3) is 60.2 Å². The highest BCUT2D eigenvalue weighted by Crippen LogP contribution is 2.45. The summed E-state index contributed by atoms with van der Waals surface area (Å²) in [6, 6.07) is 54.7. The van der Waals surface area contributed by atoms with Gasteiger partial charge in [-0.25, -0.2) is 0 Å². The Kier molecular flexibility index (Phi) is 5.39. The Hall–Kier alpha value is -5.34. The van der Waals surface area contributed by atoms with E-state index in [4.69, 9.17) is 0 Å². The summed E-state index contributed by atoms with van der Waals surface area (Å²) in [6.45, 7) is 0. The molecule has 0 fully saturated rings. The maximum absolute atomic E-state index is 2.50. The largest absolute Gasteiger partial charge is 0.343 e. The van der Waals surface area contributed by atoms with Crippen LogP contribution in [0.3, 0.4) is 0 Å². The van der Waals surface area contributed by atoms with Crippen LogP contribution >= 0.6 is 0 Å². The predicted octanol–water partition coefficient (Wildman–Crippen LogP) is 10.5. The lowest BCUT2D eigenvalue weighted by Crippen LogP contribution is -2.11. The van der Waals surface area contributed by atoms with Crippen molar-refractivity contribution in [1.29, 1.82) is 0 Å². The summed E-state index contributed by atoms with van der Waals surface area (Å²) >= 11 is 0. The highest BCUT2D eigenvalue weighted by molar-refractivity contribution is 6.33. The van der Waals surface area contributed by atoms with E-state index in [1.807, 2.05) is 0 Å². The first-order chi connectivity index (χ1) is 20.3. The third-order valence-corrected chi connectivity index (χ3v) is 8.35. The van der Waals surface area contributed by atoms with Crippen LogP contribution in [0.2, 0.25) is 0 Å². The van der Waals surface area contributed by atoms with Crippen molar-refractivity contribution in [1.82, 2.24) is 4.57 Å². The Morgan fingerprint density at radius 3 is 1.76 bits per heavy atom. The molecular formula is C39H28N2. The van der Waals surface area contributed by atoms with Gasteiger partial charge in [-0.15, -0.1) is 0 Å². The lowest BCUT2D eigenvalue weighted by molar-refractivity contribution is 1.15. The average molecular weight is 525 g/mol. The first kappa shape index (κ1) is 23.5. The van der Waals surface area contributed by atoms with Crippen LogP contribution in [-0.4, -0.2) is 11.6 Å². The van der Waals surface area contributed by atoms with E-state index in [9.17, 15) is 0 Å². The van der Waals surface area contributed by atoms with Crippen LogP contribution < -0.4 is 4.90 Å². The summed E-state index contributed by atoms with van der Waals surface area (Å²) in [5.74, 6) is 0. The lowest BCUT2D eigenvalue weighted by atomic mass is 9.96. The van der Waals surface area contributed by atoms with Gasteiger partial charge in [0, 0.05) is 34.6 Å². The molecular weight excluding hydrogens is 496 g/mol. The predicted molar refractivity (Wildman–Crippen MR) is 176 cm³/mol. The summed E-state index contributed by atoms with van der Waals surface area (Å²) in [5, 5.41) is 7.65. The number of rotatable bonds is 4. The molecule has 0 bridgehead atoms. The Labute approximate surface area is 239 Å². The molecule has 194 valence electrons. The zero-order valence-electron chi connectivity index (χ0n) is 22.8. The summed E-state index contributed by atoms with van der Waals surface area (Å²) < 4.78 is 2.50. The molecule has 2 nitrogen and oxygen atoms in total. The molecule has 0 saturated heterocycles. The maximum atomic E-state index is 2.50. The van der Waals surface area contributed by atoms with Gasteiger partial charge in [0.25, 0.3) is 0 Å². The molecule has 8 rings (SSSR count). The van der Waals surface area contributed by atoms with Crippen molar-refractivity contribution in [2.45, 2.75) is 0 Å². The summed E-state index contributed by atoms with van der Waals surface area (Å²) in [5.41, 5.74) is 8.35. The van der Waals surface area contributed by atoms with E-state index in [-0.39, 0.29) is 0 Å². The summed E-state index contributed by atoms with van der Waals surface area (Å²) in [7, 11) is 2.17. The van der Waals surface area contributed by atoms with Gasteiger partial charge in [0.1, 0.15) is 0 Å². The van der Waals surface area contributed by atoms with Gasteiger partial charge in [0.05, 0.1) is 16.7 Å². The highest BCUT2D eigenvalue weighted by atomic mass is 15.1. The van der Waals surface area contributed by atoms with Gasteiger partial charge >= 0.3 is 0 Å². The van der Waals surface area contributed by atoms with E-state index in [1.165, 1.54) is 60.2 Å². The molecule has 0 amide bonds. The molecule has 2 heteroatoms. The number of fused-ring (bicyclic) bond motifs is 8. The van der Waals surface area contributed by atoms with E-state index in [0.717, 1.165) is 11.4 Å². The molecule has 0 spiro atoms. The highest BCUT2D eigenvalue weighted by Gasteiger charge is 2.22. The SMILES string of the molecule is CN(c1ccccc1)c1cccc2c3c4ccccc4c4ccccc4c3n(-c3cccc(-c4ccccc4)c3)c12. The van der Waals surface area contributed by atoms with E-state index < -0.39 is 0 Å². The third kappa shape index (κ3) is 3.65. The van der Waals surface area contributed by atoms with Gasteiger partial charge in [-0.2, -0.15) is 0 Å². The van der Waals surface area contributed by atoms with Gasteiger partial charge < -0.3 is 9.47 Å². The number of benzene rings is 7. The van der Waals surface area contributed by atoms with Crippen molar-refractivity contribution >= 4 is 54.7 Å². The van der Waals surface area contributed by atoms with E-state index in [2.05, 4.69) is 168 Å². The average Bonchev–Trinajstić information content (AvgIpc) is 3.41. The number of hydrogen-bond donors (Lipinski definition) is 0. The number of anilines is 2. The molecule has 0 N–H and O–H groups in total. The quantitative estimate of drug-likeness (QED) is 0.208. The molecule has 41 heavy (non-hydrogen) atoms. The first-order valence-electron chi connectivity index (χ1n) is 14.1. The fraction of sp³-hybridized carbons (Fsp3) is 0.0256. The first-order valence-corrected chi connectivity index (χ1v) is 14.1. The molecule has 0 aliphatic rings. The van der Waals surface area contributed by atoms with Crippen LogP contribution in [0.15, 0.2) is 152 Å². The fourth-order valence-electron chi connectivity index (χ4n) is 6.48. The van der Waals surface area contributed by atoms with Crippen LogP contribution in [0, 0.1) is 0 Å². The number of aromatic nitrogens is 1. The van der Waals surface area contributed by atoms with E-state index in [0.29, 0.717) is 0 Å². The molecule has 0 saturated carbocycles. The minimum absolute atomic E-state index is 1.15. The van der Waals surface area contributed by atoms with Gasteiger partial charge in [0.2, 0.25) is 0 Å². The minimum Gasteiger partial charge on any atom is -0.343 e. The molecule has 1 aromatic heterocycles. The standard InChI is InChI=1S/C39H28N2/c1-40(29-17-6-3-7-18-29)36-25-13-24-35-37-33-22-10-8-20-31(33)32-21-9-11-23-34(32)39(37)41(38(35)36)30-19-12-16-28(26-30)27-14-4-2-5-15-27/h2-26H,1H3. The Morgan fingerprint density at radius 2 is 1.00 bits per heavy atom. The monoisotopic (exact) mass is 524 g/mol. The van der Waals surface area contributed by atoms with Crippen LogP contribution in [0.1, 0.15) is 0 Å². The van der Waals surface area contributed by atoms with E-state index >= 15 is 0 Å². The van der Waals surface area contributed by atoms with Crippen molar-refractivity contribution in [3.05, 3.63) is 152 Å². The van der Waals surface area contributed by atoms with Crippen molar-refractivity contribution in [3.63, 3.8) is 0 Å². The molecule has 0 aliphatic heterocycles. The zero-order chi connectivity index (χ0) is 27.3. The molecule has 0 atom stereocenters. The van der Waals surface area contributed by atoms with Crippen molar-refractivity contribution in [2.24, 2.45) is 0 Å². The van der Waals surface area contributed by atoms with Crippen molar-refractivity contribution < 1.29 is 0 Å². The van der Waals surface area contributed by atoms with Gasteiger partial charge in [0.15, 0.2) is 0 Å². The second-order valence-electron chi connectivity index (χ2n) is 10.6. The van der Waals surface area contributed by atoms with E-state index in [1.54, 1.807) is 0 Å². The second-order valence-corrected chi connectivity index (χ2v) is 10.6. The molecule has 7 aromatic carbocycles. The van der Waals surface area contributed by atoms with Crippen LogP contribution in [0.4, 0.5) is 11.4 Å². The molecule has 0 radical (unpaired) electrons. The third-order valence-electron chi connectivity index (χ3n) is 8.35. The normalized spacial score (nSPS) is 11.5. The lowest BCUT2D eigenvalue weighted by Gasteiger charge is -2.22. The molecule has 0 aliphatic carbocycles. The Bertz CT molecular complexity index is 2210. The molecule has 0 unspecified atom stereocenters. The number of para-hydroxylation sites is 2. The Balaban J connectivity index is 1.57. The zero-order valence-corrected chi connectivity index (χ0v) is 22.8. The smallest absolute Gasteiger partial charge is 0.0779 e. The van der Waals surface area contributed by atoms with Crippen molar-refractivity contribution in [2.75, 3.05) is 11.9 Å². The molecule has 1 heterocycles. The van der Waals surface area contributed by atoms with Crippen LogP contribution in [-0.2, 0) is 0 Å². The molecule has 8 aromatic rings. The fourth-order valence-corrected chi connectivity index (χ4v) is 6.48. The number of nitrogens with zero attached hydrogens (tertiary/aromatic N) is 2. The van der Waals surface area contributed by atoms with Gasteiger partial charge in [-0.05, 0) is 57.6 Å². The summed E-state index contributed by atoms with van der Waals surface area (Å²) in [4.78, 5) is 2.31. The van der Waals surface area contributed by atoms with Crippen molar-refractivity contribution in [3.8, 4) is 16.8 Å². The second kappa shape index (κ2) is 9.39. The Morgan fingerprint density at radius 1 is 0.439 bits per heavy atom. The topological polar surface area (TPSA) is 8.17 Å².